The number of hydrogen-bond acceptors (Lipinski definition) is 6. The molecule has 10 heteroatoms. The van der Waals surface area contributed by atoms with Crippen molar-refractivity contribution in [2.75, 3.05) is 17.3 Å². The number of thiazole rings is 1. The van der Waals surface area contributed by atoms with Crippen LogP contribution in [0.15, 0.2) is 29.2 Å². The Morgan fingerprint density at radius 3 is 2.79 bits per heavy atom. The second kappa shape index (κ2) is 10.0. The number of carbonyl (C=O) groups excluding carboxylic acids is 1. The third-order valence-corrected chi connectivity index (χ3v) is 7.90. The number of aryl methyl sites for hydroxylation is 2. The van der Waals surface area contributed by atoms with Crippen LogP contribution in [0, 0.1) is 5.82 Å². The fraction of sp³-hybridized carbons (Fsp3) is 0.474. The van der Waals surface area contributed by atoms with Crippen LogP contribution in [0.3, 0.4) is 0 Å². The molecule has 1 unspecified atom stereocenters. The Kier molecular flexibility index (Phi) is 7.66. The van der Waals surface area contributed by atoms with E-state index >= 15 is 0 Å². The number of rotatable bonds is 8. The van der Waals surface area contributed by atoms with Gasteiger partial charge in [0.15, 0.2) is 5.13 Å². The Hall–Kier alpha value is -1.49. The lowest BCUT2D eigenvalue weighted by atomic mass is 10.2. The molecule has 0 radical (unpaired) electrons. The minimum Gasteiger partial charge on any atom is -0.301 e. The summed E-state index contributed by atoms with van der Waals surface area (Å²) in [6, 6.07) is 4.10. The first-order chi connectivity index (χ1) is 13.9. The van der Waals surface area contributed by atoms with E-state index in [2.05, 4.69) is 15.0 Å². The molecule has 0 saturated heterocycles. The number of benzene rings is 1. The highest BCUT2D eigenvalue weighted by Gasteiger charge is 2.28. The summed E-state index contributed by atoms with van der Waals surface area (Å²) >= 11 is 2.95. The molecule has 2 N–H and O–H groups in total. The number of nitrogens with one attached hydrogen (secondary N) is 2. The first-order valence-electron chi connectivity index (χ1n) is 9.46. The number of aromatic nitrogens is 1. The summed E-state index contributed by atoms with van der Waals surface area (Å²) in [7, 11) is -4.18. The van der Waals surface area contributed by atoms with E-state index in [0.29, 0.717) is 10.9 Å². The van der Waals surface area contributed by atoms with Gasteiger partial charge < -0.3 is 5.32 Å². The lowest BCUT2D eigenvalue weighted by Crippen LogP contribution is -2.44. The SMILES string of the molecule is CSCCC(NS(=O)(=O)c1ccccc1F)C(=O)Nc1nc2c(s1)CCCCC2. The highest BCUT2D eigenvalue weighted by molar-refractivity contribution is 7.98. The fourth-order valence-electron chi connectivity index (χ4n) is 3.17. The molecule has 1 aromatic heterocycles. The molecule has 0 aliphatic heterocycles. The van der Waals surface area contributed by atoms with E-state index in [-0.39, 0.29) is 6.42 Å². The maximum absolute atomic E-state index is 14.0. The Morgan fingerprint density at radius 2 is 2.03 bits per heavy atom. The van der Waals surface area contributed by atoms with Gasteiger partial charge in [-0.05, 0) is 56.2 Å². The molecule has 1 aliphatic carbocycles. The van der Waals surface area contributed by atoms with Crippen LogP contribution >= 0.6 is 23.1 Å². The molecule has 3 rings (SSSR count). The van der Waals surface area contributed by atoms with Gasteiger partial charge in [0, 0.05) is 4.88 Å². The lowest BCUT2D eigenvalue weighted by molar-refractivity contribution is -0.117. The zero-order valence-electron chi connectivity index (χ0n) is 16.1. The van der Waals surface area contributed by atoms with Gasteiger partial charge in [-0.1, -0.05) is 18.6 Å². The van der Waals surface area contributed by atoms with Crippen molar-refractivity contribution in [3.63, 3.8) is 0 Å². The predicted molar refractivity (Wildman–Crippen MR) is 116 cm³/mol. The van der Waals surface area contributed by atoms with Crippen molar-refractivity contribution in [2.45, 2.75) is 49.5 Å². The number of thioether (sulfide) groups is 1. The Balaban J connectivity index is 1.76. The van der Waals surface area contributed by atoms with Gasteiger partial charge in [-0.25, -0.2) is 17.8 Å². The van der Waals surface area contributed by atoms with Gasteiger partial charge in [0.05, 0.1) is 5.69 Å². The topological polar surface area (TPSA) is 88.2 Å². The van der Waals surface area contributed by atoms with Crippen molar-refractivity contribution in [1.82, 2.24) is 9.71 Å². The summed E-state index contributed by atoms with van der Waals surface area (Å²) in [5, 5.41) is 3.24. The molecule has 1 atom stereocenters. The molecule has 2 aromatic rings. The number of amides is 1. The van der Waals surface area contributed by atoms with E-state index in [1.165, 1.54) is 52.6 Å². The number of anilines is 1. The molecule has 1 aromatic carbocycles. The molecule has 1 amide bonds. The first-order valence-corrected chi connectivity index (χ1v) is 13.2. The second-order valence-corrected chi connectivity index (χ2v) is 10.6. The van der Waals surface area contributed by atoms with E-state index in [1.807, 2.05) is 6.26 Å². The summed E-state index contributed by atoms with van der Waals surface area (Å²) < 4.78 is 41.6. The summed E-state index contributed by atoms with van der Waals surface area (Å²) in [4.78, 5) is 18.1. The number of halogens is 1. The van der Waals surface area contributed by atoms with Gasteiger partial charge in [0.2, 0.25) is 15.9 Å². The zero-order valence-corrected chi connectivity index (χ0v) is 18.6. The number of nitrogens with zero attached hydrogens (tertiary/aromatic N) is 1. The van der Waals surface area contributed by atoms with Crippen molar-refractivity contribution in [3.8, 4) is 0 Å². The smallest absolute Gasteiger partial charge is 0.244 e. The Morgan fingerprint density at radius 1 is 1.28 bits per heavy atom. The third-order valence-electron chi connectivity index (χ3n) is 4.68. The largest absolute Gasteiger partial charge is 0.301 e. The van der Waals surface area contributed by atoms with Crippen LogP contribution < -0.4 is 10.0 Å². The Bertz CT molecular complexity index is 939. The van der Waals surface area contributed by atoms with Crippen molar-refractivity contribution in [1.29, 1.82) is 0 Å². The van der Waals surface area contributed by atoms with E-state index in [4.69, 9.17) is 0 Å². The van der Waals surface area contributed by atoms with Crippen molar-refractivity contribution in [2.24, 2.45) is 0 Å². The van der Waals surface area contributed by atoms with Gasteiger partial charge >= 0.3 is 0 Å². The highest BCUT2D eigenvalue weighted by atomic mass is 32.2. The van der Waals surface area contributed by atoms with Gasteiger partial charge in [-0.2, -0.15) is 16.5 Å². The molecule has 6 nitrogen and oxygen atoms in total. The standard InChI is InChI=1S/C19H24FN3O3S3/c1-27-12-11-15(23-29(25,26)17-10-6-5-7-13(17)20)18(24)22-19-21-14-8-3-2-4-9-16(14)28-19/h5-7,10,15,23H,2-4,8-9,11-12H2,1H3,(H,21,22,24). The minimum absolute atomic E-state index is 0.284. The average Bonchev–Trinajstić information content (AvgIpc) is 2.93. The third kappa shape index (κ3) is 5.78. The van der Waals surface area contributed by atoms with Crippen LogP contribution in [0.4, 0.5) is 9.52 Å². The van der Waals surface area contributed by atoms with Crippen LogP contribution in [0.2, 0.25) is 0 Å². The molecule has 0 fully saturated rings. The van der Waals surface area contributed by atoms with Crippen LogP contribution in [0.1, 0.15) is 36.3 Å². The van der Waals surface area contributed by atoms with E-state index in [9.17, 15) is 17.6 Å². The molecular formula is C19H24FN3O3S3. The van der Waals surface area contributed by atoms with E-state index in [0.717, 1.165) is 37.4 Å². The van der Waals surface area contributed by atoms with Crippen molar-refractivity contribution >= 4 is 44.2 Å². The van der Waals surface area contributed by atoms with Crippen molar-refractivity contribution in [3.05, 3.63) is 40.7 Å². The fourth-order valence-corrected chi connectivity index (χ4v) is 6.00. The maximum atomic E-state index is 14.0. The molecule has 1 aliphatic rings. The molecular weight excluding hydrogens is 433 g/mol. The highest BCUT2D eigenvalue weighted by Crippen LogP contribution is 2.29. The van der Waals surface area contributed by atoms with Crippen LogP contribution in [-0.2, 0) is 27.7 Å². The summed E-state index contributed by atoms with van der Waals surface area (Å²) in [5.41, 5.74) is 1.02. The number of sulfonamides is 1. The first kappa shape index (κ1) is 22.2. The second-order valence-electron chi connectivity index (χ2n) is 6.82. The van der Waals surface area contributed by atoms with E-state index in [1.54, 1.807) is 0 Å². The monoisotopic (exact) mass is 457 g/mol. The normalized spacial score (nSPS) is 15.4. The van der Waals surface area contributed by atoms with E-state index < -0.39 is 32.7 Å². The zero-order chi connectivity index (χ0) is 20.9. The van der Waals surface area contributed by atoms with Gasteiger partial charge in [-0.15, -0.1) is 11.3 Å². The van der Waals surface area contributed by atoms with Crippen molar-refractivity contribution < 1.29 is 17.6 Å². The average molecular weight is 458 g/mol. The molecule has 0 spiro atoms. The van der Waals surface area contributed by atoms with Crippen LogP contribution in [0.25, 0.3) is 0 Å². The van der Waals surface area contributed by atoms with Crippen LogP contribution in [0.5, 0.6) is 0 Å². The maximum Gasteiger partial charge on any atom is 0.244 e. The number of fused-ring (bicyclic) bond motifs is 1. The number of hydrogen-bond donors (Lipinski definition) is 2. The quantitative estimate of drug-likeness (QED) is 0.592. The summed E-state index contributed by atoms with van der Waals surface area (Å²) in [5.74, 6) is -0.762. The van der Waals surface area contributed by atoms with Gasteiger partial charge in [0.1, 0.15) is 16.8 Å². The summed E-state index contributed by atoms with van der Waals surface area (Å²) in [6.45, 7) is 0. The molecule has 29 heavy (non-hydrogen) atoms. The van der Waals surface area contributed by atoms with Crippen LogP contribution in [-0.4, -0.2) is 37.4 Å². The lowest BCUT2D eigenvalue weighted by Gasteiger charge is -2.17. The Labute approximate surface area is 178 Å². The van der Waals surface area contributed by atoms with Gasteiger partial charge in [-0.3, -0.25) is 4.79 Å². The molecule has 1 heterocycles. The molecule has 0 saturated carbocycles. The molecule has 158 valence electrons. The predicted octanol–water partition coefficient (Wildman–Crippen LogP) is 3.59. The number of carbonyl (C=O) groups is 1. The summed E-state index contributed by atoms with van der Waals surface area (Å²) in [6.07, 6.45) is 7.39. The van der Waals surface area contributed by atoms with Gasteiger partial charge in [0.25, 0.3) is 0 Å². The minimum atomic E-state index is -4.18. The molecule has 0 bridgehead atoms.